The van der Waals surface area contributed by atoms with Gasteiger partial charge in [-0.25, -0.2) is 0 Å². The first-order chi connectivity index (χ1) is 8.73. The Morgan fingerprint density at radius 3 is 2.50 bits per heavy atom. The lowest BCUT2D eigenvalue weighted by Crippen LogP contribution is -2.62. The van der Waals surface area contributed by atoms with Gasteiger partial charge in [-0.1, -0.05) is 0 Å². The summed E-state index contributed by atoms with van der Waals surface area (Å²) in [6.07, 6.45) is 3.08. The SMILES string of the molecule is CCOCCN1CCC2(CC1)C(O)CC2OCC. The fourth-order valence-corrected chi connectivity index (χ4v) is 3.35. The number of nitrogens with zero attached hydrogens (tertiary/aromatic N) is 1. The number of likely N-dealkylation sites (tertiary alicyclic amines) is 1. The second-order valence-corrected chi connectivity index (χ2v) is 5.47. The average Bonchev–Trinajstić information content (AvgIpc) is 2.40. The van der Waals surface area contributed by atoms with Gasteiger partial charge < -0.3 is 19.5 Å². The summed E-state index contributed by atoms with van der Waals surface area (Å²) in [6.45, 7) is 9.58. The Balaban J connectivity index is 1.78. The van der Waals surface area contributed by atoms with E-state index in [9.17, 15) is 5.11 Å². The molecule has 1 spiro atoms. The van der Waals surface area contributed by atoms with Crippen LogP contribution < -0.4 is 0 Å². The highest BCUT2D eigenvalue weighted by Crippen LogP contribution is 2.50. The topological polar surface area (TPSA) is 41.9 Å². The molecule has 0 radical (unpaired) electrons. The van der Waals surface area contributed by atoms with Crippen LogP contribution in [0.25, 0.3) is 0 Å². The van der Waals surface area contributed by atoms with Crippen molar-refractivity contribution in [2.45, 2.75) is 45.3 Å². The van der Waals surface area contributed by atoms with Gasteiger partial charge in [-0.3, -0.25) is 0 Å². The van der Waals surface area contributed by atoms with Gasteiger partial charge >= 0.3 is 0 Å². The van der Waals surface area contributed by atoms with Crippen molar-refractivity contribution < 1.29 is 14.6 Å². The van der Waals surface area contributed by atoms with Crippen molar-refractivity contribution in [1.29, 1.82) is 0 Å². The summed E-state index contributed by atoms with van der Waals surface area (Å²) in [5, 5.41) is 10.1. The minimum Gasteiger partial charge on any atom is -0.392 e. The lowest BCUT2D eigenvalue weighted by Gasteiger charge is -2.56. The Labute approximate surface area is 110 Å². The van der Waals surface area contributed by atoms with E-state index in [-0.39, 0.29) is 17.6 Å². The van der Waals surface area contributed by atoms with Crippen molar-refractivity contribution in [3.8, 4) is 0 Å². The van der Waals surface area contributed by atoms with Crippen LogP contribution in [0.3, 0.4) is 0 Å². The summed E-state index contributed by atoms with van der Waals surface area (Å²) >= 11 is 0. The first kappa shape index (κ1) is 14.3. The molecule has 4 nitrogen and oxygen atoms in total. The van der Waals surface area contributed by atoms with Crippen molar-refractivity contribution in [1.82, 2.24) is 4.90 Å². The molecule has 2 fully saturated rings. The van der Waals surface area contributed by atoms with E-state index in [1.54, 1.807) is 0 Å². The second kappa shape index (κ2) is 6.33. The van der Waals surface area contributed by atoms with Gasteiger partial charge in [0.15, 0.2) is 0 Å². The van der Waals surface area contributed by atoms with Crippen LogP contribution in [0.15, 0.2) is 0 Å². The molecule has 1 N–H and O–H groups in total. The number of rotatable bonds is 6. The van der Waals surface area contributed by atoms with Crippen molar-refractivity contribution in [3.63, 3.8) is 0 Å². The van der Waals surface area contributed by atoms with E-state index in [4.69, 9.17) is 9.47 Å². The van der Waals surface area contributed by atoms with E-state index in [1.807, 2.05) is 13.8 Å². The molecule has 4 heteroatoms. The highest BCUT2D eigenvalue weighted by molar-refractivity contribution is 5.06. The van der Waals surface area contributed by atoms with Crippen LogP contribution in [0.4, 0.5) is 0 Å². The molecular weight excluding hydrogens is 230 g/mol. The van der Waals surface area contributed by atoms with Gasteiger partial charge in [0.1, 0.15) is 0 Å². The maximum Gasteiger partial charge on any atom is 0.0681 e. The van der Waals surface area contributed by atoms with Crippen molar-refractivity contribution in [2.24, 2.45) is 5.41 Å². The molecule has 1 saturated heterocycles. The zero-order valence-electron chi connectivity index (χ0n) is 11.7. The van der Waals surface area contributed by atoms with Crippen LogP contribution in [0.1, 0.15) is 33.1 Å². The molecule has 0 aromatic rings. The number of aliphatic hydroxyl groups is 1. The summed E-state index contributed by atoms with van der Waals surface area (Å²) in [5.74, 6) is 0. The van der Waals surface area contributed by atoms with E-state index in [0.717, 1.165) is 58.7 Å². The molecule has 106 valence electrons. The van der Waals surface area contributed by atoms with Crippen LogP contribution in [0.2, 0.25) is 0 Å². The molecular formula is C14H27NO3. The Morgan fingerprint density at radius 2 is 1.94 bits per heavy atom. The van der Waals surface area contributed by atoms with Crippen LogP contribution in [0, 0.1) is 5.41 Å². The summed E-state index contributed by atoms with van der Waals surface area (Å²) in [5.41, 5.74) is 0.0537. The van der Waals surface area contributed by atoms with Gasteiger partial charge in [-0.2, -0.15) is 0 Å². The molecule has 2 unspecified atom stereocenters. The summed E-state index contributed by atoms with van der Waals surface area (Å²) in [6, 6.07) is 0. The van der Waals surface area contributed by atoms with Crippen molar-refractivity contribution in [3.05, 3.63) is 0 Å². The number of ether oxygens (including phenoxy) is 2. The van der Waals surface area contributed by atoms with Gasteiger partial charge in [0.25, 0.3) is 0 Å². The van der Waals surface area contributed by atoms with E-state index in [1.165, 1.54) is 0 Å². The second-order valence-electron chi connectivity index (χ2n) is 5.47. The Hall–Kier alpha value is -0.160. The maximum atomic E-state index is 10.1. The molecule has 1 aliphatic heterocycles. The number of hydrogen-bond acceptors (Lipinski definition) is 4. The van der Waals surface area contributed by atoms with E-state index >= 15 is 0 Å². The highest BCUT2D eigenvalue weighted by atomic mass is 16.5. The first-order valence-corrected chi connectivity index (χ1v) is 7.32. The molecule has 1 saturated carbocycles. The summed E-state index contributed by atoms with van der Waals surface area (Å²) in [7, 11) is 0. The summed E-state index contributed by atoms with van der Waals surface area (Å²) in [4.78, 5) is 2.44. The van der Waals surface area contributed by atoms with E-state index in [2.05, 4.69) is 4.90 Å². The normalized spacial score (nSPS) is 31.5. The zero-order chi connectivity index (χ0) is 13.0. The van der Waals surface area contributed by atoms with Gasteiger partial charge in [0.2, 0.25) is 0 Å². The molecule has 1 heterocycles. The lowest BCUT2D eigenvalue weighted by atomic mass is 9.58. The molecule has 0 aromatic heterocycles. The third kappa shape index (κ3) is 2.72. The third-order valence-electron chi connectivity index (χ3n) is 4.65. The fourth-order valence-electron chi connectivity index (χ4n) is 3.35. The Kier molecular flexibility index (Phi) is 5.01. The minimum atomic E-state index is -0.150. The first-order valence-electron chi connectivity index (χ1n) is 7.32. The van der Waals surface area contributed by atoms with Gasteiger partial charge in [-0.15, -0.1) is 0 Å². The Morgan fingerprint density at radius 1 is 1.22 bits per heavy atom. The largest absolute Gasteiger partial charge is 0.392 e. The molecule has 0 bridgehead atoms. The van der Waals surface area contributed by atoms with E-state index in [0.29, 0.717) is 0 Å². The summed E-state index contributed by atoms with van der Waals surface area (Å²) < 4.78 is 11.2. The van der Waals surface area contributed by atoms with Crippen molar-refractivity contribution in [2.75, 3.05) is 39.5 Å². The predicted octanol–water partition coefficient (Wildman–Crippen LogP) is 1.27. The zero-order valence-corrected chi connectivity index (χ0v) is 11.7. The van der Waals surface area contributed by atoms with Gasteiger partial charge in [0.05, 0.1) is 18.8 Å². The third-order valence-corrected chi connectivity index (χ3v) is 4.65. The van der Waals surface area contributed by atoms with Crippen LogP contribution in [0.5, 0.6) is 0 Å². The maximum absolute atomic E-state index is 10.1. The molecule has 0 aromatic carbocycles. The molecule has 2 atom stereocenters. The number of piperidine rings is 1. The van der Waals surface area contributed by atoms with Crippen LogP contribution >= 0.6 is 0 Å². The molecule has 18 heavy (non-hydrogen) atoms. The molecule has 0 amide bonds. The quantitative estimate of drug-likeness (QED) is 0.728. The molecule has 2 rings (SSSR count). The Bertz CT molecular complexity index is 249. The fraction of sp³-hybridized carbons (Fsp3) is 1.00. The number of aliphatic hydroxyl groups excluding tert-OH is 1. The monoisotopic (exact) mass is 257 g/mol. The smallest absolute Gasteiger partial charge is 0.0681 e. The predicted molar refractivity (Wildman–Crippen MR) is 70.6 cm³/mol. The van der Waals surface area contributed by atoms with Crippen LogP contribution in [-0.4, -0.2) is 61.7 Å². The average molecular weight is 257 g/mol. The minimum absolute atomic E-state index is 0.0537. The van der Waals surface area contributed by atoms with E-state index < -0.39 is 0 Å². The molecule has 1 aliphatic carbocycles. The van der Waals surface area contributed by atoms with Gasteiger partial charge in [0, 0.05) is 31.6 Å². The molecule has 2 aliphatic rings. The lowest BCUT2D eigenvalue weighted by molar-refractivity contribution is -0.209. The van der Waals surface area contributed by atoms with Crippen molar-refractivity contribution >= 4 is 0 Å². The highest BCUT2D eigenvalue weighted by Gasteiger charge is 2.55. The van der Waals surface area contributed by atoms with Gasteiger partial charge in [-0.05, 0) is 39.8 Å². The standard InChI is InChI=1S/C14H27NO3/c1-3-17-10-9-15-7-5-14(6-8-15)12(16)11-13(14)18-4-2/h12-13,16H,3-11H2,1-2H3. The van der Waals surface area contributed by atoms with Crippen LogP contribution in [-0.2, 0) is 9.47 Å². The number of hydrogen-bond donors (Lipinski definition) is 1.